The number of allylic oxidation sites excluding steroid dienone is 1. The van der Waals surface area contributed by atoms with Gasteiger partial charge in [-0.25, -0.2) is 4.99 Å². The number of ether oxygens (including phenoxy) is 1. The van der Waals surface area contributed by atoms with Gasteiger partial charge in [0.05, 0.1) is 18.5 Å². The predicted octanol–water partition coefficient (Wildman–Crippen LogP) is 6.71. The lowest BCUT2D eigenvalue weighted by atomic mass is 9.87. The average molecular weight is 426 g/mol. The number of halogens is 1. The van der Waals surface area contributed by atoms with Crippen molar-refractivity contribution in [2.75, 3.05) is 7.11 Å². The molecular formula is C25H32ClN3O. The van der Waals surface area contributed by atoms with Crippen LogP contribution in [0.25, 0.3) is 6.08 Å². The van der Waals surface area contributed by atoms with Crippen molar-refractivity contribution in [2.45, 2.75) is 69.6 Å². The third kappa shape index (κ3) is 4.75. The number of fused-ring (bicyclic) bond motifs is 2. The topological polar surface area (TPSA) is 53.2 Å². The summed E-state index contributed by atoms with van der Waals surface area (Å²) in [7, 11) is 1.71. The van der Waals surface area contributed by atoms with Crippen molar-refractivity contribution < 1.29 is 4.74 Å². The van der Waals surface area contributed by atoms with Gasteiger partial charge in [-0.15, -0.1) is 11.6 Å². The smallest absolute Gasteiger partial charge is 0.146 e. The van der Waals surface area contributed by atoms with Gasteiger partial charge in [-0.1, -0.05) is 26.2 Å². The lowest BCUT2D eigenvalue weighted by Crippen LogP contribution is -2.08. The van der Waals surface area contributed by atoms with E-state index >= 15 is 0 Å². The minimum absolute atomic E-state index is 0.218. The summed E-state index contributed by atoms with van der Waals surface area (Å²) in [5.41, 5.74) is 6.63. The fourth-order valence-corrected chi connectivity index (χ4v) is 4.74. The first-order valence-corrected chi connectivity index (χ1v) is 11.7. The van der Waals surface area contributed by atoms with Gasteiger partial charge < -0.3 is 14.7 Å². The molecule has 2 aromatic rings. The molecule has 4 rings (SSSR count). The zero-order chi connectivity index (χ0) is 20.9. The summed E-state index contributed by atoms with van der Waals surface area (Å²) >= 11 is 6.61. The van der Waals surface area contributed by atoms with E-state index in [2.05, 4.69) is 29.0 Å². The van der Waals surface area contributed by atoms with Crippen LogP contribution in [0.3, 0.4) is 0 Å². The zero-order valence-electron chi connectivity index (χ0n) is 18.0. The van der Waals surface area contributed by atoms with Crippen molar-refractivity contribution in [3.05, 3.63) is 64.6 Å². The molecule has 2 atom stereocenters. The molecule has 5 heteroatoms. The fraction of sp³-hybridized carbons (Fsp3) is 0.480. The summed E-state index contributed by atoms with van der Waals surface area (Å²) in [4.78, 5) is 11.8. The molecule has 2 aromatic heterocycles. The Hall–Kier alpha value is -2.20. The highest BCUT2D eigenvalue weighted by Gasteiger charge is 2.23. The highest BCUT2D eigenvalue weighted by Crippen LogP contribution is 2.36. The van der Waals surface area contributed by atoms with Gasteiger partial charge in [-0.05, 0) is 67.9 Å². The second-order valence-electron chi connectivity index (χ2n) is 8.38. The van der Waals surface area contributed by atoms with Crippen molar-refractivity contribution in [2.24, 2.45) is 4.99 Å². The first-order chi connectivity index (χ1) is 14.7. The number of methoxy groups -OCH3 is 1. The van der Waals surface area contributed by atoms with Crippen LogP contribution >= 0.6 is 11.6 Å². The van der Waals surface area contributed by atoms with Gasteiger partial charge in [0.15, 0.2) is 0 Å². The summed E-state index contributed by atoms with van der Waals surface area (Å²) in [6.45, 7) is 2.17. The number of alkyl halides is 1. The molecule has 1 aliphatic heterocycles. The van der Waals surface area contributed by atoms with E-state index in [0.717, 1.165) is 47.8 Å². The van der Waals surface area contributed by atoms with Crippen molar-refractivity contribution in [1.29, 1.82) is 0 Å². The van der Waals surface area contributed by atoms with Crippen LogP contribution in [0.5, 0.6) is 0 Å². The minimum Gasteiger partial charge on any atom is -0.494 e. The number of aliphatic imine (C=N–C) groups is 1. The van der Waals surface area contributed by atoms with Gasteiger partial charge in [0.2, 0.25) is 0 Å². The highest BCUT2D eigenvalue weighted by atomic mass is 35.5. The summed E-state index contributed by atoms with van der Waals surface area (Å²) in [6, 6.07) is 6.39. The lowest BCUT2D eigenvalue weighted by Gasteiger charge is -2.20. The van der Waals surface area contributed by atoms with Crippen molar-refractivity contribution >= 4 is 23.4 Å². The van der Waals surface area contributed by atoms with E-state index < -0.39 is 0 Å². The summed E-state index contributed by atoms with van der Waals surface area (Å²) in [5.74, 6) is 1.27. The van der Waals surface area contributed by atoms with Crippen molar-refractivity contribution in [1.82, 2.24) is 9.97 Å². The van der Waals surface area contributed by atoms with Crippen LogP contribution in [0.1, 0.15) is 80.4 Å². The maximum absolute atomic E-state index is 6.61. The maximum atomic E-state index is 6.61. The number of nitrogens with zero attached hydrogens (tertiary/aromatic N) is 1. The van der Waals surface area contributed by atoms with E-state index in [1.54, 1.807) is 7.11 Å². The SMILES string of the molecule is CCC(Cl)CC1CCCCCCc2cc1c(C=C1N=C(c3ccc[nH]3)C=C1OC)[nH]2. The third-order valence-corrected chi connectivity index (χ3v) is 6.73. The second kappa shape index (κ2) is 9.74. The predicted molar refractivity (Wildman–Crippen MR) is 125 cm³/mol. The molecule has 4 nitrogen and oxygen atoms in total. The quantitative estimate of drug-likeness (QED) is 0.496. The van der Waals surface area contributed by atoms with E-state index in [1.165, 1.54) is 43.4 Å². The van der Waals surface area contributed by atoms with Gasteiger partial charge in [-0.3, -0.25) is 0 Å². The monoisotopic (exact) mass is 425 g/mol. The van der Waals surface area contributed by atoms with E-state index in [0.29, 0.717) is 5.92 Å². The van der Waals surface area contributed by atoms with E-state index in [4.69, 9.17) is 21.3 Å². The Morgan fingerprint density at radius 1 is 1.30 bits per heavy atom. The second-order valence-corrected chi connectivity index (χ2v) is 8.99. The Kier molecular flexibility index (Phi) is 6.83. The molecular weight excluding hydrogens is 394 g/mol. The standard InChI is InChI=1S/C25H32ClN3O/c1-3-18(26)13-17-9-6-4-5-7-10-19-14-20(17)22(28-19)15-24-25(30-2)16-23(29-24)21-11-8-12-27-21/h8,11-12,14-18,27-28H,3-7,9-10,13H2,1-2H3. The Morgan fingerprint density at radius 2 is 2.17 bits per heavy atom. The molecule has 2 unspecified atom stereocenters. The van der Waals surface area contributed by atoms with Crippen LogP contribution in [-0.2, 0) is 11.2 Å². The molecule has 0 saturated carbocycles. The number of nitrogens with one attached hydrogen (secondary N) is 2. The van der Waals surface area contributed by atoms with Crippen molar-refractivity contribution in [3.8, 4) is 0 Å². The number of aryl methyl sites for hydroxylation is 1. The summed E-state index contributed by atoms with van der Waals surface area (Å²) < 4.78 is 5.65. The third-order valence-electron chi connectivity index (χ3n) is 6.24. The Balaban J connectivity index is 1.71. The molecule has 3 heterocycles. The molecule has 0 aromatic carbocycles. The van der Waals surface area contributed by atoms with E-state index in [-0.39, 0.29) is 5.38 Å². The summed E-state index contributed by atoms with van der Waals surface area (Å²) in [6.07, 6.45) is 15.5. The number of aromatic nitrogens is 2. The molecule has 2 aliphatic rings. The molecule has 2 N–H and O–H groups in total. The Labute approximate surface area is 184 Å². The van der Waals surface area contributed by atoms with Crippen LogP contribution in [0.4, 0.5) is 0 Å². The van der Waals surface area contributed by atoms with E-state index in [1.807, 2.05) is 24.4 Å². The first kappa shape index (κ1) is 21.0. The van der Waals surface area contributed by atoms with Crippen LogP contribution in [0.2, 0.25) is 0 Å². The molecule has 0 saturated heterocycles. The largest absolute Gasteiger partial charge is 0.494 e. The number of rotatable bonds is 6. The van der Waals surface area contributed by atoms with Crippen molar-refractivity contribution in [3.63, 3.8) is 0 Å². The molecule has 2 bridgehead atoms. The fourth-order valence-electron chi connectivity index (χ4n) is 4.52. The van der Waals surface area contributed by atoms with Gasteiger partial charge in [0.25, 0.3) is 0 Å². The molecule has 0 fully saturated rings. The van der Waals surface area contributed by atoms with Crippen LogP contribution < -0.4 is 0 Å². The number of hydrogen-bond donors (Lipinski definition) is 2. The van der Waals surface area contributed by atoms with Gasteiger partial charge >= 0.3 is 0 Å². The Morgan fingerprint density at radius 3 is 2.93 bits per heavy atom. The molecule has 160 valence electrons. The number of H-pyrrole nitrogens is 2. The minimum atomic E-state index is 0.218. The number of hydrogen-bond acceptors (Lipinski definition) is 2. The van der Waals surface area contributed by atoms with Gasteiger partial charge in [0, 0.05) is 29.0 Å². The van der Waals surface area contributed by atoms with Crippen LogP contribution in [-0.4, -0.2) is 28.2 Å². The van der Waals surface area contributed by atoms with E-state index in [9.17, 15) is 0 Å². The molecule has 0 radical (unpaired) electrons. The van der Waals surface area contributed by atoms with Crippen LogP contribution in [0.15, 0.2) is 46.9 Å². The number of aromatic amines is 2. The molecule has 0 spiro atoms. The first-order valence-electron chi connectivity index (χ1n) is 11.2. The Bertz CT molecular complexity index is 936. The lowest BCUT2D eigenvalue weighted by molar-refractivity contribution is 0.303. The highest BCUT2D eigenvalue weighted by molar-refractivity contribution is 6.20. The normalized spacial score (nSPS) is 22.0. The summed E-state index contributed by atoms with van der Waals surface area (Å²) in [5, 5.41) is 0.218. The maximum Gasteiger partial charge on any atom is 0.146 e. The van der Waals surface area contributed by atoms with Gasteiger partial charge in [0.1, 0.15) is 11.5 Å². The zero-order valence-corrected chi connectivity index (χ0v) is 18.8. The molecule has 0 amide bonds. The average Bonchev–Trinajstić information content (AvgIpc) is 3.49. The molecule has 30 heavy (non-hydrogen) atoms. The van der Waals surface area contributed by atoms with Crippen LogP contribution in [0, 0.1) is 0 Å². The van der Waals surface area contributed by atoms with Gasteiger partial charge in [-0.2, -0.15) is 0 Å². The molecule has 1 aliphatic carbocycles.